The summed E-state index contributed by atoms with van der Waals surface area (Å²) in [4.78, 5) is 25.7. The molecule has 0 saturated carbocycles. The number of ether oxygens (including phenoxy) is 6. The lowest BCUT2D eigenvalue weighted by Gasteiger charge is -2.42. The Labute approximate surface area is 394 Å². The molecule has 2 fully saturated rings. The number of hydrogen-bond acceptors (Lipinski definition) is 15. The molecule has 2 heterocycles. The Kier molecular flexibility index (Phi) is 34.2. The Morgan fingerprint density at radius 3 is 1.52 bits per heavy atom. The fourth-order valence-corrected chi connectivity index (χ4v) is 7.38. The maximum absolute atomic E-state index is 13.0. The van der Waals surface area contributed by atoms with Gasteiger partial charge in [0.1, 0.15) is 55.4 Å². The molecule has 0 aliphatic carbocycles. The van der Waals surface area contributed by atoms with Gasteiger partial charge >= 0.3 is 11.9 Å². The van der Waals surface area contributed by atoms with Crippen molar-refractivity contribution in [3.8, 4) is 0 Å². The summed E-state index contributed by atoms with van der Waals surface area (Å²) in [6.45, 7) is 2.39. The molecule has 0 aromatic carbocycles. The van der Waals surface area contributed by atoms with Gasteiger partial charge in [-0.25, -0.2) is 0 Å². The highest BCUT2D eigenvalue weighted by atomic mass is 16.7. The van der Waals surface area contributed by atoms with Crippen molar-refractivity contribution in [1.29, 1.82) is 0 Å². The van der Waals surface area contributed by atoms with Gasteiger partial charge in [0.05, 0.1) is 19.8 Å². The number of rotatable bonds is 37. The SMILES string of the molecule is CC/C=C/C/C=C/C/C=C/C/C=C/CCCCC(=O)OC[C@H](CO[C@@H]1O[C@H](CO[C@@H]2O[C@H](CO)[C@H](O)C(O)C2O)[C@H](O)C(O)C1O)OC(=O)CCCC/C=C/CCCCCCCCCCC. The molecule has 2 rings (SSSR count). The molecule has 0 aromatic rings. The summed E-state index contributed by atoms with van der Waals surface area (Å²) < 4.78 is 33.5. The van der Waals surface area contributed by atoms with Crippen LogP contribution in [-0.2, 0) is 38.0 Å². The Balaban J connectivity index is 1.86. The van der Waals surface area contributed by atoms with E-state index in [4.69, 9.17) is 28.4 Å². The highest BCUT2D eigenvalue weighted by Crippen LogP contribution is 2.26. The van der Waals surface area contributed by atoms with Gasteiger partial charge in [0, 0.05) is 12.8 Å². The van der Waals surface area contributed by atoms with Gasteiger partial charge in [-0.2, -0.15) is 0 Å². The number of allylic oxidation sites excluding steroid dienone is 10. The van der Waals surface area contributed by atoms with E-state index in [2.05, 4.69) is 74.6 Å². The Bertz CT molecular complexity index is 1380. The molecule has 2 aliphatic rings. The van der Waals surface area contributed by atoms with Gasteiger partial charge in [-0.15, -0.1) is 0 Å². The molecule has 7 N–H and O–H groups in total. The van der Waals surface area contributed by atoms with Crippen LogP contribution in [-0.4, -0.2) is 142 Å². The van der Waals surface area contributed by atoms with E-state index in [1.54, 1.807) is 0 Å². The second kappa shape index (κ2) is 38.1. The first kappa shape index (κ1) is 59.3. The van der Waals surface area contributed by atoms with E-state index in [9.17, 15) is 45.3 Å². The number of carbonyl (C=O) groups excluding carboxylic acids is 2. The van der Waals surface area contributed by atoms with Crippen molar-refractivity contribution < 1.29 is 73.8 Å². The molecule has 2 aliphatic heterocycles. The van der Waals surface area contributed by atoms with Gasteiger partial charge in [0.2, 0.25) is 0 Å². The van der Waals surface area contributed by atoms with Crippen LogP contribution in [0.1, 0.15) is 155 Å². The summed E-state index contributed by atoms with van der Waals surface area (Å²) in [5.41, 5.74) is 0. The third kappa shape index (κ3) is 26.1. The normalized spacial score (nSPS) is 26.7. The third-order valence-electron chi connectivity index (χ3n) is 11.5. The molecular weight excluding hydrogens is 853 g/mol. The zero-order valence-electron chi connectivity index (χ0n) is 39.9. The van der Waals surface area contributed by atoms with E-state index in [-0.39, 0.29) is 19.4 Å². The van der Waals surface area contributed by atoms with Gasteiger partial charge in [-0.1, -0.05) is 126 Å². The highest BCUT2D eigenvalue weighted by Gasteiger charge is 2.47. The zero-order chi connectivity index (χ0) is 48.2. The van der Waals surface area contributed by atoms with E-state index in [1.807, 2.05) is 0 Å². The van der Waals surface area contributed by atoms with Crippen LogP contribution in [0.25, 0.3) is 0 Å². The van der Waals surface area contributed by atoms with Crippen molar-refractivity contribution in [3.63, 3.8) is 0 Å². The summed E-state index contributed by atoms with van der Waals surface area (Å²) in [5, 5.41) is 72.0. The Hall–Kier alpha value is -2.80. The lowest BCUT2D eigenvalue weighted by atomic mass is 9.98. The second-order valence-corrected chi connectivity index (χ2v) is 17.3. The number of aliphatic hydroxyl groups excluding tert-OH is 7. The van der Waals surface area contributed by atoms with Crippen LogP contribution in [0.5, 0.6) is 0 Å². The maximum atomic E-state index is 13.0. The fraction of sp³-hybridized carbons (Fsp3) is 0.765. The van der Waals surface area contributed by atoms with E-state index in [0.29, 0.717) is 12.8 Å². The molecule has 0 bridgehead atoms. The smallest absolute Gasteiger partial charge is 0.306 e. The molecule has 0 aromatic heterocycles. The van der Waals surface area contributed by atoms with Crippen LogP contribution in [0.15, 0.2) is 60.8 Å². The first-order chi connectivity index (χ1) is 32.0. The van der Waals surface area contributed by atoms with Gasteiger partial charge in [-0.05, 0) is 77.0 Å². The van der Waals surface area contributed by atoms with Crippen molar-refractivity contribution >= 4 is 11.9 Å². The summed E-state index contributed by atoms with van der Waals surface area (Å²) in [6.07, 6.45) is 25.5. The maximum Gasteiger partial charge on any atom is 0.306 e. The quantitative estimate of drug-likeness (QED) is 0.0201. The molecule has 66 heavy (non-hydrogen) atoms. The van der Waals surface area contributed by atoms with Gasteiger partial charge in [0.15, 0.2) is 18.7 Å². The number of esters is 2. The number of aliphatic hydroxyl groups is 7. The largest absolute Gasteiger partial charge is 0.462 e. The molecule has 0 amide bonds. The van der Waals surface area contributed by atoms with Gasteiger partial charge in [-0.3, -0.25) is 9.59 Å². The molecule has 15 heteroatoms. The minimum atomic E-state index is -1.78. The first-order valence-electron chi connectivity index (χ1n) is 24.9. The number of unbranched alkanes of at least 4 members (excludes halogenated alkanes) is 13. The third-order valence-corrected chi connectivity index (χ3v) is 11.5. The zero-order valence-corrected chi connectivity index (χ0v) is 39.9. The van der Waals surface area contributed by atoms with Crippen molar-refractivity contribution in [2.45, 2.75) is 223 Å². The molecule has 2 saturated heterocycles. The Morgan fingerprint density at radius 1 is 0.500 bits per heavy atom. The molecule has 15 nitrogen and oxygen atoms in total. The first-order valence-corrected chi connectivity index (χ1v) is 24.9. The summed E-state index contributed by atoms with van der Waals surface area (Å²) in [7, 11) is 0. The summed E-state index contributed by atoms with van der Waals surface area (Å²) in [6, 6.07) is 0. The number of carbonyl (C=O) groups is 2. The van der Waals surface area contributed by atoms with Crippen molar-refractivity contribution in [1.82, 2.24) is 0 Å². The lowest BCUT2D eigenvalue weighted by molar-refractivity contribution is -0.332. The minimum Gasteiger partial charge on any atom is -0.462 e. The average molecular weight is 939 g/mol. The highest BCUT2D eigenvalue weighted by molar-refractivity contribution is 5.70. The van der Waals surface area contributed by atoms with E-state index < -0.39 is 99.3 Å². The minimum absolute atomic E-state index is 0.124. The predicted molar refractivity (Wildman–Crippen MR) is 252 cm³/mol. The fourth-order valence-electron chi connectivity index (χ4n) is 7.38. The van der Waals surface area contributed by atoms with Crippen LogP contribution < -0.4 is 0 Å². The van der Waals surface area contributed by atoms with Crippen LogP contribution in [0.4, 0.5) is 0 Å². The molecule has 4 unspecified atom stereocenters. The molecule has 11 atom stereocenters. The molecular formula is C51H86O15. The van der Waals surface area contributed by atoms with Crippen molar-refractivity contribution in [2.75, 3.05) is 26.4 Å². The van der Waals surface area contributed by atoms with Crippen LogP contribution in [0.3, 0.4) is 0 Å². The van der Waals surface area contributed by atoms with Crippen LogP contribution in [0.2, 0.25) is 0 Å². The van der Waals surface area contributed by atoms with Crippen LogP contribution in [0, 0.1) is 0 Å². The summed E-state index contributed by atoms with van der Waals surface area (Å²) >= 11 is 0. The second-order valence-electron chi connectivity index (χ2n) is 17.3. The molecule has 0 radical (unpaired) electrons. The molecule has 0 spiro atoms. The van der Waals surface area contributed by atoms with Gasteiger partial charge in [0.25, 0.3) is 0 Å². The van der Waals surface area contributed by atoms with E-state index >= 15 is 0 Å². The Morgan fingerprint density at radius 2 is 0.955 bits per heavy atom. The predicted octanol–water partition coefficient (Wildman–Crippen LogP) is 6.49. The standard InChI is InChI=1S/C51H86O15/c1-3-5-7-9-11-13-15-17-19-21-23-25-27-29-31-33-42(53)61-36-39(64-43(54)34-32-30-28-26-24-22-20-18-16-14-12-10-8-6-4-2)37-62-50-49(60)47(58)45(56)41(66-50)38-63-51-48(59)46(57)44(55)40(35-52)65-51/h5,7,11,13,17,19,23-26,39-41,44-52,55-60H,3-4,6,8-10,12,14-16,18,20-22,27-38H2,1-2H3/b7-5+,13-11+,19-17+,25-23+,26-24+/t39-,40-,41-,44+,45+,46?,47?,48?,49?,50-,51-/m1/s1. The summed E-state index contributed by atoms with van der Waals surface area (Å²) in [5.74, 6) is -1.00. The monoisotopic (exact) mass is 939 g/mol. The molecule has 380 valence electrons. The average Bonchev–Trinajstić information content (AvgIpc) is 3.31. The number of hydrogen-bond donors (Lipinski definition) is 7. The van der Waals surface area contributed by atoms with Gasteiger partial charge < -0.3 is 64.2 Å². The van der Waals surface area contributed by atoms with Crippen molar-refractivity contribution in [2.24, 2.45) is 0 Å². The lowest BCUT2D eigenvalue weighted by Crippen LogP contribution is -2.61. The van der Waals surface area contributed by atoms with E-state index in [1.165, 1.54) is 57.8 Å². The van der Waals surface area contributed by atoms with Crippen LogP contribution >= 0.6 is 0 Å². The topological polar surface area (TPSA) is 231 Å². The van der Waals surface area contributed by atoms with Crippen molar-refractivity contribution in [3.05, 3.63) is 60.8 Å². The van der Waals surface area contributed by atoms with E-state index in [0.717, 1.165) is 57.8 Å².